The molecule has 3 aromatic rings. The maximum absolute atomic E-state index is 12.5. The number of fused-ring (bicyclic) bond motifs is 1. The van der Waals surface area contributed by atoms with Crippen molar-refractivity contribution in [3.63, 3.8) is 0 Å². The molecule has 0 saturated carbocycles. The number of para-hydroxylation sites is 2. The van der Waals surface area contributed by atoms with Crippen LogP contribution in [0, 0.1) is 0 Å². The molecule has 1 N–H and O–H groups in total. The van der Waals surface area contributed by atoms with Gasteiger partial charge in [0.05, 0.1) is 29.9 Å². The number of rotatable bonds is 8. The van der Waals surface area contributed by atoms with Crippen LogP contribution in [-0.2, 0) is 22.6 Å². The van der Waals surface area contributed by atoms with E-state index in [0.29, 0.717) is 6.54 Å². The van der Waals surface area contributed by atoms with Crippen LogP contribution in [0.1, 0.15) is 17.5 Å². The quantitative estimate of drug-likeness (QED) is 0.618. The highest BCUT2D eigenvalue weighted by atomic mass is 32.1. The lowest BCUT2D eigenvalue weighted by molar-refractivity contribution is -0.134. The predicted octanol–water partition coefficient (Wildman–Crippen LogP) is 3.39. The molecular formula is C22H26N4O2S. The van der Waals surface area contributed by atoms with Gasteiger partial charge < -0.3 is 10.2 Å². The second kappa shape index (κ2) is 9.62. The minimum atomic E-state index is -0.199. The lowest BCUT2D eigenvalue weighted by atomic mass is 10.1. The van der Waals surface area contributed by atoms with Gasteiger partial charge in [-0.3, -0.25) is 14.5 Å². The summed E-state index contributed by atoms with van der Waals surface area (Å²) in [6.07, 6.45) is 0.835. The molecule has 0 atom stereocenters. The molecule has 6 nitrogen and oxygen atoms in total. The molecule has 0 radical (unpaired) electrons. The second-order valence-corrected chi connectivity index (χ2v) is 8.17. The van der Waals surface area contributed by atoms with E-state index < -0.39 is 0 Å². The molecular weight excluding hydrogens is 384 g/mol. The fraction of sp³-hybridized carbons (Fsp3) is 0.318. The zero-order valence-electron chi connectivity index (χ0n) is 17.0. The van der Waals surface area contributed by atoms with E-state index in [1.165, 1.54) is 4.90 Å². The third kappa shape index (κ3) is 5.62. The molecule has 7 heteroatoms. The largest absolute Gasteiger partial charge is 0.335 e. The number of aryl methyl sites for hydroxylation is 1. The summed E-state index contributed by atoms with van der Waals surface area (Å²) in [5.41, 5.74) is 2.85. The van der Waals surface area contributed by atoms with Crippen LogP contribution >= 0.6 is 11.3 Å². The summed E-state index contributed by atoms with van der Waals surface area (Å²) >= 11 is 1.63. The molecule has 0 saturated heterocycles. The van der Waals surface area contributed by atoms with Gasteiger partial charge in [0, 0.05) is 12.7 Å². The van der Waals surface area contributed by atoms with Gasteiger partial charge in [-0.15, -0.1) is 11.3 Å². The van der Waals surface area contributed by atoms with Crippen molar-refractivity contribution in [3.05, 3.63) is 59.1 Å². The van der Waals surface area contributed by atoms with Gasteiger partial charge in [-0.1, -0.05) is 37.3 Å². The van der Waals surface area contributed by atoms with Crippen molar-refractivity contribution in [3.8, 4) is 0 Å². The topological polar surface area (TPSA) is 65.5 Å². The number of nitrogens with zero attached hydrogens (tertiary/aromatic N) is 3. The van der Waals surface area contributed by atoms with Crippen LogP contribution in [0.2, 0.25) is 0 Å². The smallest absolute Gasteiger partial charge is 0.243 e. The monoisotopic (exact) mass is 410 g/mol. The van der Waals surface area contributed by atoms with Crippen molar-refractivity contribution < 1.29 is 9.59 Å². The number of hydrogen-bond donors (Lipinski definition) is 1. The molecule has 2 aromatic carbocycles. The summed E-state index contributed by atoms with van der Waals surface area (Å²) in [4.78, 5) is 32.8. The number of thiazole rings is 1. The van der Waals surface area contributed by atoms with Crippen LogP contribution in [0.25, 0.3) is 10.2 Å². The first-order valence-corrected chi connectivity index (χ1v) is 10.4. The van der Waals surface area contributed by atoms with Gasteiger partial charge in [0.2, 0.25) is 11.8 Å². The highest BCUT2D eigenvalue weighted by Crippen LogP contribution is 2.22. The number of carbonyl (C=O) groups is 2. The number of amides is 2. The molecule has 0 aliphatic rings. The van der Waals surface area contributed by atoms with Crippen LogP contribution < -0.4 is 5.32 Å². The molecule has 1 heterocycles. The Kier molecular flexibility index (Phi) is 6.95. The molecule has 29 heavy (non-hydrogen) atoms. The van der Waals surface area contributed by atoms with Crippen LogP contribution in [-0.4, -0.2) is 53.8 Å². The highest BCUT2D eigenvalue weighted by molar-refractivity contribution is 7.18. The van der Waals surface area contributed by atoms with Gasteiger partial charge in [-0.05, 0) is 37.2 Å². The van der Waals surface area contributed by atoms with Gasteiger partial charge in [0.15, 0.2) is 0 Å². The first-order chi connectivity index (χ1) is 14.0. The lowest BCUT2D eigenvalue weighted by Crippen LogP contribution is -2.40. The van der Waals surface area contributed by atoms with Crippen LogP contribution in [0.5, 0.6) is 0 Å². The Labute approximate surface area is 175 Å². The number of hydrogen-bond acceptors (Lipinski definition) is 5. The van der Waals surface area contributed by atoms with Gasteiger partial charge >= 0.3 is 0 Å². The Balaban J connectivity index is 1.50. The van der Waals surface area contributed by atoms with Gasteiger partial charge in [0.25, 0.3) is 0 Å². The molecule has 0 bridgehead atoms. The molecule has 0 aliphatic heterocycles. The van der Waals surface area contributed by atoms with Crippen molar-refractivity contribution in [1.82, 2.24) is 14.8 Å². The molecule has 0 aliphatic carbocycles. The van der Waals surface area contributed by atoms with E-state index in [1.54, 1.807) is 18.4 Å². The van der Waals surface area contributed by atoms with E-state index in [-0.39, 0.29) is 24.9 Å². The van der Waals surface area contributed by atoms with Crippen molar-refractivity contribution in [2.75, 3.05) is 32.5 Å². The van der Waals surface area contributed by atoms with Crippen LogP contribution in [0.4, 0.5) is 5.69 Å². The van der Waals surface area contributed by atoms with Gasteiger partial charge in [-0.2, -0.15) is 0 Å². The lowest BCUT2D eigenvalue weighted by Gasteiger charge is -2.21. The molecule has 0 spiro atoms. The number of anilines is 1. The first kappa shape index (κ1) is 21.0. The molecule has 3 rings (SSSR count). The average Bonchev–Trinajstić information content (AvgIpc) is 3.10. The number of nitrogens with one attached hydrogen (secondary N) is 1. The zero-order valence-corrected chi connectivity index (χ0v) is 17.8. The third-order valence-electron chi connectivity index (χ3n) is 4.63. The maximum Gasteiger partial charge on any atom is 0.243 e. The van der Waals surface area contributed by atoms with E-state index in [1.807, 2.05) is 67.4 Å². The van der Waals surface area contributed by atoms with E-state index in [0.717, 1.165) is 32.9 Å². The summed E-state index contributed by atoms with van der Waals surface area (Å²) in [7, 11) is 3.54. The fourth-order valence-corrected chi connectivity index (χ4v) is 4.12. The minimum absolute atomic E-state index is 0.0197. The van der Waals surface area contributed by atoms with Crippen LogP contribution in [0.3, 0.4) is 0 Å². The zero-order chi connectivity index (χ0) is 20.8. The first-order valence-electron chi connectivity index (χ1n) is 9.61. The molecule has 1 aromatic heterocycles. The average molecular weight is 411 g/mol. The second-order valence-electron chi connectivity index (χ2n) is 7.06. The van der Waals surface area contributed by atoms with E-state index in [4.69, 9.17) is 0 Å². The molecule has 152 valence electrons. The fourth-order valence-electron chi connectivity index (χ4n) is 3.07. The van der Waals surface area contributed by atoms with E-state index in [9.17, 15) is 9.59 Å². The number of benzene rings is 2. The summed E-state index contributed by atoms with van der Waals surface area (Å²) in [6.45, 7) is 2.88. The predicted molar refractivity (Wildman–Crippen MR) is 118 cm³/mol. The van der Waals surface area contributed by atoms with E-state index in [2.05, 4.69) is 10.3 Å². The number of aromatic nitrogens is 1. The van der Waals surface area contributed by atoms with Crippen molar-refractivity contribution >= 4 is 39.1 Å². The maximum atomic E-state index is 12.5. The molecule has 0 fully saturated rings. The Hall–Kier alpha value is -2.77. The summed E-state index contributed by atoms with van der Waals surface area (Å²) in [5.74, 6) is -0.303. The Morgan fingerprint density at radius 2 is 1.76 bits per heavy atom. The van der Waals surface area contributed by atoms with Gasteiger partial charge in [-0.25, -0.2) is 4.98 Å². The summed E-state index contributed by atoms with van der Waals surface area (Å²) in [6, 6.07) is 15.7. The van der Waals surface area contributed by atoms with Crippen molar-refractivity contribution in [2.24, 2.45) is 0 Å². The third-order valence-corrected chi connectivity index (χ3v) is 5.65. The number of carbonyl (C=O) groups excluding carboxylic acids is 2. The standard InChI is InChI=1S/C22H26N4O2S/c1-4-16-9-5-6-10-17(16)23-20(27)13-26(3)22(28)15-25(2)14-21-24-18-11-7-8-12-19(18)29-21/h5-12H,4,13-15H2,1-3H3,(H,23,27). The Bertz CT molecular complexity index is 968. The van der Waals surface area contributed by atoms with E-state index >= 15 is 0 Å². The minimum Gasteiger partial charge on any atom is -0.335 e. The van der Waals surface area contributed by atoms with Crippen LogP contribution in [0.15, 0.2) is 48.5 Å². The summed E-state index contributed by atoms with van der Waals surface area (Å²) in [5, 5.41) is 3.87. The van der Waals surface area contributed by atoms with Crippen molar-refractivity contribution in [2.45, 2.75) is 19.9 Å². The number of likely N-dealkylation sites (N-methyl/N-ethyl adjacent to an activating group) is 2. The normalized spacial score (nSPS) is 11.0. The molecule has 2 amide bonds. The highest BCUT2D eigenvalue weighted by Gasteiger charge is 2.16. The Morgan fingerprint density at radius 3 is 2.52 bits per heavy atom. The van der Waals surface area contributed by atoms with Gasteiger partial charge in [0.1, 0.15) is 5.01 Å². The SMILES string of the molecule is CCc1ccccc1NC(=O)CN(C)C(=O)CN(C)Cc1nc2ccccc2s1. The summed E-state index contributed by atoms with van der Waals surface area (Å²) < 4.78 is 1.14. The molecule has 0 unspecified atom stereocenters. The Morgan fingerprint density at radius 1 is 1.03 bits per heavy atom. The van der Waals surface area contributed by atoms with Crippen molar-refractivity contribution in [1.29, 1.82) is 0 Å².